The van der Waals surface area contributed by atoms with Crippen molar-refractivity contribution in [3.63, 3.8) is 0 Å². The lowest BCUT2D eigenvalue weighted by Crippen LogP contribution is -2.19. The molecule has 0 saturated heterocycles. The van der Waals surface area contributed by atoms with Crippen molar-refractivity contribution in [2.24, 2.45) is 0 Å². The summed E-state index contributed by atoms with van der Waals surface area (Å²) in [5.74, 6) is -0.727. The molecule has 1 rings (SSSR count). The number of hydrogen-bond donors (Lipinski definition) is 1. The molecule has 7 heteroatoms. The smallest absolute Gasteiger partial charge is 0.460 e. The van der Waals surface area contributed by atoms with Crippen molar-refractivity contribution in [2.75, 3.05) is 18.9 Å². The summed E-state index contributed by atoms with van der Waals surface area (Å²) in [6.45, 7) is 2.26. The predicted octanol–water partition coefficient (Wildman–Crippen LogP) is 2.58. The lowest BCUT2D eigenvalue weighted by Gasteiger charge is -2.10. The molecule has 0 aromatic heterocycles. The van der Waals surface area contributed by atoms with Crippen molar-refractivity contribution in [2.45, 2.75) is 20.2 Å². The summed E-state index contributed by atoms with van der Waals surface area (Å²) >= 11 is 0. The lowest BCUT2D eigenvalue weighted by molar-refractivity contribution is -0.326. The van der Waals surface area contributed by atoms with E-state index in [-0.39, 0.29) is 5.56 Å². The molecule has 0 aliphatic rings. The Morgan fingerprint density at radius 3 is 2.42 bits per heavy atom. The number of hydrogen-bond acceptors (Lipinski definition) is 4. The van der Waals surface area contributed by atoms with Gasteiger partial charge in [0, 0.05) is 5.69 Å². The van der Waals surface area contributed by atoms with Gasteiger partial charge < -0.3 is 10.5 Å². The quantitative estimate of drug-likeness (QED) is 0.522. The number of halogens is 3. The van der Waals surface area contributed by atoms with Gasteiger partial charge in [-0.2, -0.15) is 0 Å². The van der Waals surface area contributed by atoms with Gasteiger partial charge in [-0.05, 0) is 31.0 Å². The topological polar surface area (TPSA) is 61.5 Å². The Kier molecular flexibility index (Phi) is 4.77. The fourth-order valence-electron chi connectivity index (χ4n) is 1.46. The van der Waals surface area contributed by atoms with Crippen LogP contribution < -0.4 is 5.73 Å². The third kappa shape index (κ3) is 4.78. The van der Waals surface area contributed by atoms with E-state index in [1.54, 1.807) is 19.9 Å². The van der Waals surface area contributed by atoms with E-state index in [1.165, 1.54) is 6.07 Å². The molecule has 0 atom stereocenters. The van der Waals surface area contributed by atoms with Crippen LogP contribution in [0.5, 0.6) is 0 Å². The third-order valence-corrected chi connectivity index (χ3v) is 2.42. The minimum absolute atomic E-state index is 0.232. The second kappa shape index (κ2) is 5.92. The van der Waals surface area contributed by atoms with Gasteiger partial charge in [0.05, 0.1) is 12.2 Å². The van der Waals surface area contributed by atoms with E-state index in [2.05, 4.69) is 9.47 Å². The third-order valence-electron chi connectivity index (χ3n) is 2.42. The Labute approximate surface area is 108 Å². The van der Waals surface area contributed by atoms with Crippen LogP contribution in [-0.4, -0.2) is 25.5 Å². The van der Waals surface area contributed by atoms with Crippen LogP contribution in [-0.2, 0) is 9.47 Å². The number of nitrogens with two attached hydrogens (primary N) is 1. The Morgan fingerprint density at radius 2 is 1.84 bits per heavy atom. The summed E-state index contributed by atoms with van der Waals surface area (Å²) in [7, 11) is 0. The summed E-state index contributed by atoms with van der Waals surface area (Å²) < 4.78 is 43.2. The zero-order chi connectivity index (χ0) is 14.6. The van der Waals surface area contributed by atoms with E-state index in [0.717, 1.165) is 5.56 Å². The number of esters is 1. The highest BCUT2D eigenvalue weighted by Gasteiger charge is 2.28. The van der Waals surface area contributed by atoms with Crippen LogP contribution in [0.4, 0.5) is 18.9 Å². The SMILES string of the molecule is Cc1cc(C)c(C(=O)OCCOC(F)(F)F)cc1N. The van der Waals surface area contributed by atoms with E-state index < -0.39 is 25.5 Å². The van der Waals surface area contributed by atoms with Crippen molar-refractivity contribution in [3.8, 4) is 0 Å². The Hall–Kier alpha value is -1.76. The molecule has 0 unspecified atom stereocenters. The average Bonchev–Trinajstić information content (AvgIpc) is 2.28. The number of carbonyl (C=O) groups excluding carboxylic acids is 1. The molecular weight excluding hydrogens is 263 g/mol. The first-order valence-electron chi connectivity index (χ1n) is 5.45. The van der Waals surface area contributed by atoms with Gasteiger partial charge in [0.2, 0.25) is 0 Å². The molecule has 0 amide bonds. The maximum Gasteiger partial charge on any atom is 0.522 e. The standard InChI is InChI=1S/C12H14F3NO3/c1-7-5-8(2)10(16)6-9(7)11(17)18-3-4-19-12(13,14)15/h5-6H,3-4,16H2,1-2H3. The molecule has 0 aliphatic heterocycles. The highest BCUT2D eigenvalue weighted by molar-refractivity contribution is 5.92. The fourth-order valence-corrected chi connectivity index (χ4v) is 1.46. The number of nitrogen functional groups attached to an aromatic ring is 1. The normalized spacial score (nSPS) is 11.4. The van der Waals surface area contributed by atoms with Gasteiger partial charge in [0.25, 0.3) is 0 Å². The highest BCUT2D eigenvalue weighted by Crippen LogP contribution is 2.19. The van der Waals surface area contributed by atoms with Crippen LogP contribution in [0.1, 0.15) is 21.5 Å². The molecule has 0 saturated carbocycles. The number of anilines is 1. The number of rotatable bonds is 4. The molecule has 0 aliphatic carbocycles. The van der Waals surface area contributed by atoms with Gasteiger partial charge in [-0.1, -0.05) is 6.07 Å². The molecule has 0 spiro atoms. The molecule has 1 aromatic carbocycles. The molecule has 0 bridgehead atoms. The molecule has 0 heterocycles. The number of aryl methyl sites for hydroxylation is 2. The monoisotopic (exact) mass is 277 g/mol. The minimum Gasteiger partial charge on any atom is -0.460 e. The molecule has 19 heavy (non-hydrogen) atoms. The van der Waals surface area contributed by atoms with E-state index in [1.807, 2.05) is 0 Å². The first kappa shape index (κ1) is 15.3. The number of carbonyl (C=O) groups is 1. The van der Waals surface area contributed by atoms with Crippen LogP contribution in [0.15, 0.2) is 12.1 Å². The first-order valence-corrected chi connectivity index (χ1v) is 5.45. The minimum atomic E-state index is -4.73. The van der Waals surface area contributed by atoms with E-state index in [4.69, 9.17) is 5.73 Å². The van der Waals surface area contributed by atoms with Crippen LogP contribution in [0.25, 0.3) is 0 Å². The van der Waals surface area contributed by atoms with Crippen molar-refractivity contribution < 1.29 is 27.4 Å². The highest BCUT2D eigenvalue weighted by atomic mass is 19.4. The van der Waals surface area contributed by atoms with Crippen molar-refractivity contribution in [1.82, 2.24) is 0 Å². The Balaban J connectivity index is 2.57. The number of benzene rings is 1. The van der Waals surface area contributed by atoms with Gasteiger partial charge >= 0.3 is 12.3 Å². The zero-order valence-corrected chi connectivity index (χ0v) is 10.5. The second-order valence-electron chi connectivity index (χ2n) is 3.95. The van der Waals surface area contributed by atoms with Crippen molar-refractivity contribution in [1.29, 1.82) is 0 Å². The average molecular weight is 277 g/mol. The van der Waals surface area contributed by atoms with Crippen LogP contribution in [0.2, 0.25) is 0 Å². The largest absolute Gasteiger partial charge is 0.522 e. The summed E-state index contributed by atoms with van der Waals surface area (Å²) in [5.41, 5.74) is 7.77. The fraction of sp³-hybridized carbons (Fsp3) is 0.417. The zero-order valence-electron chi connectivity index (χ0n) is 10.5. The molecule has 0 radical (unpaired) electrons. The molecule has 106 valence electrons. The summed E-state index contributed by atoms with van der Waals surface area (Å²) in [4.78, 5) is 11.6. The van der Waals surface area contributed by atoms with Gasteiger partial charge in [0.15, 0.2) is 0 Å². The summed E-state index contributed by atoms with van der Waals surface area (Å²) in [5, 5.41) is 0. The van der Waals surface area contributed by atoms with Gasteiger partial charge in [-0.3, -0.25) is 4.74 Å². The molecule has 4 nitrogen and oxygen atoms in total. The van der Waals surface area contributed by atoms with Crippen molar-refractivity contribution >= 4 is 11.7 Å². The van der Waals surface area contributed by atoms with Crippen LogP contribution >= 0.6 is 0 Å². The van der Waals surface area contributed by atoms with Gasteiger partial charge in [-0.25, -0.2) is 4.79 Å². The number of alkyl halides is 3. The van der Waals surface area contributed by atoms with E-state index in [0.29, 0.717) is 11.3 Å². The van der Waals surface area contributed by atoms with E-state index >= 15 is 0 Å². The van der Waals surface area contributed by atoms with Crippen LogP contribution in [0.3, 0.4) is 0 Å². The molecule has 2 N–H and O–H groups in total. The summed E-state index contributed by atoms with van der Waals surface area (Å²) in [6.07, 6.45) is -4.73. The summed E-state index contributed by atoms with van der Waals surface area (Å²) in [6, 6.07) is 3.15. The Bertz CT molecular complexity index is 472. The maximum absolute atomic E-state index is 11.7. The van der Waals surface area contributed by atoms with Gasteiger partial charge in [-0.15, -0.1) is 13.2 Å². The lowest BCUT2D eigenvalue weighted by atomic mass is 10.0. The van der Waals surface area contributed by atoms with Crippen LogP contribution in [0, 0.1) is 13.8 Å². The molecule has 0 fully saturated rings. The first-order chi connectivity index (χ1) is 8.70. The molecular formula is C12H14F3NO3. The van der Waals surface area contributed by atoms with Crippen molar-refractivity contribution in [3.05, 3.63) is 28.8 Å². The number of ether oxygens (including phenoxy) is 2. The van der Waals surface area contributed by atoms with E-state index in [9.17, 15) is 18.0 Å². The van der Waals surface area contributed by atoms with Gasteiger partial charge in [0.1, 0.15) is 6.61 Å². The second-order valence-corrected chi connectivity index (χ2v) is 3.95. The maximum atomic E-state index is 11.7. The Morgan fingerprint density at radius 1 is 1.21 bits per heavy atom. The predicted molar refractivity (Wildman–Crippen MR) is 62.6 cm³/mol. The molecule has 1 aromatic rings.